The highest BCUT2D eigenvalue weighted by Crippen LogP contribution is 2.21. The second-order valence-electron chi connectivity index (χ2n) is 5.50. The Labute approximate surface area is 125 Å². The van der Waals surface area contributed by atoms with Gasteiger partial charge in [-0.3, -0.25) is 0 Å². The Balaban J connectivity index is 2.01. The van der Waals surface area contributed by atoms with Crippen LogP contribution in [0.25, 0.3) is 0 Å². The number of hydrogen-bond donors (Lipinski definition) is 1. The van der Waals surface area contributed by atoms with Crippen molar-refractivity contribution >= 4 is 0 Å². The van der Waals surface area contributed by atoms with Gasteiger partial charge in [0.05, 0.1) is 5.69 Å². The normalized spacial score (nSPS) is 10.9. The van der Waals surface area contributed by atoms with Gasteiger partial charge in [0.1, 0.15) is 11.6 Å². The summed E-state index contributed by atoms with van der Waals surface area (Å²) in [6, 6.07) is 10.4. The van der Waals surface area contributed by atoms with Crippen LogP contribution in [0.5, 0.6) is 11.6 Å². The van der Waals surface area contributed by atoms with Gasteiger partial charge in [-0.05, 0) is 37.1 Å². The van der Waals surface area contributed by atoms with Crippen molar-refractivity contribution in [2.75, 3.05) is 6.54 Å². The predicted octanol–water partition coefficient (Wildman–Crippen LogP) is 4.07. The average Bonchev–Trinajstić information content (AvgIpc) is 2.43. The quantitative estimate of drug-likeness (QED) is 0.870. The van der Waals surface area contributed by atoms with Crippen LogP contribution in [0.1, 0.15) is 25.1 Å². The Morgan fingerprint density at radius 2 is 2.05 bits per heavy atom. The van der Waals surface area contributed by atoms with E-state index in [1.54, 1.807) is 25.1 Å². The van der Waals surface area contributed by atoms with Gasteiger partial charge in [0.25, 0.3) is 0 Å². The third-order valence-electron chi connectivity index (χ3n) is 3.01. The second-order valence-corrected chi connectivity index (χ2v) is 5.50. The van der Waals surface area contributed by atoms with Crippen molar-refractivity contribution < 1.29 is 9.13 Å². The third kappa shape index (κ3) is 4.83. The van der Waals surface area contributed by atoms with Crippen LogP contribution in [0.4, 0.5) is 4.39 Å². The molecule has 0 aliphatic rings. The number of pyridine rings is 1. The summed E-state index contributed by atoms with van der Waals surface area (Å²) in [7, 11) is 0. The largest absolute Gasteiger partial charge is 0.439 e. The van der Waals surface area contributed by atoms with Crippen LogP contribution in [0.2, 0.25) is 0 Å². The van der Waals surface area contributed by atoms with Crippen molar-refractivity contribution in [3.63, 3.8) is 0 Å². The maximum absolute atomic E-state index is 13.5. The van der Waals surface area contributed by atoms with E-state index in [2.05, 4.69) is 24.1 Å². The van der Waals surface area contributed by atoms with Crippen LogP contribution in [0.15, 0.2) is 36.4 Å². The van der Waals surface area contributed by atoms with E-state index in [9.17, 15) is 4.39 Å². The van der Waals surface area contributed by atoms with Crippen LogP contribution in [0.3, 0.4) is 0 Å². The molecule has 3 nitrogen and oxygen atoms in total. The molecular weight excluding hydrogens is 267 g/mol. The topological polar surface area (TPSA) is 34.1 Å². The molecule has 0 aliphatic carbocycles. The summed E-state index contributed by atoms with van der Waals surface area (Å²) >= 11 is 0. The van der Waals surface area contributed by atoms with Crippen molar-refractivity contribution in [3.05, 3.63) is 53.5 Å². The first-order valence-corrected chi connectivity index (χ1v) is 7.15. The lowest BCUT2D eigenvalue weighted by Gasteiger charge is -2.09. The Morgan fingerprint density at radius 3 is 2.76 bits per heavy atom. The molecule has 1 aromatic heterocycles. The number of ether oxygens (including phenoxy) is 1. The summed E-state index contributed by atoms with van der Waals surface area (Å²) in [6.07, 6.45) is 0. The number of hydrogen-bond acceptors (Lipinski definition) is 3. The van der Waals surface area contributed by atoms with Crippen molar-refractivity contribution in [2.45, 2.75) is 27.3 Å². The number of rotatable bonds is 6. The zero-order chi connectivity index (χ0) is 15.2. The molecule has 2 aromatic rings. The molecule has 1 heterocycles. The third-order valence-corrected chi connectivity index (χ3v) is 3.01. The molecule has 0 radical (unpaired) electrons. The van der Waals surface area contributed by atoms with E-state index in [0.717, 1.165) is 12.2 Å². The monoisotopic (exact) mass is 288 g/mol. The molecule has 0 saturated heterocycles. The van der Waals surface area contributed by atoms with Gasteiger partial charge in [-0.15, -0.1) is 0 Å². The zero-order valence-electron chi connectivity index (χ0n) is 12.7. The minimum absolute atomic E-state index is 0.276. The first kappa shape index (κ1) is 15.4. The van der Waals surface area contributed by atoms with Crippen molar-refractivity contribution in [3.8, 4) is 11.6 Å². The van der Waals surface area contributed by atoms with Crippen molar-refractivity contribution in [1.82, 2.24) is 10.3 Å². The molecule has 4 heteroatoms. The van der Waals surface area contributed by atoms with Gasteiger partial charge >= 0.3 is 0 Å². The molecule has 2 rings (SSSR count). The van der Waals surface area contributed by atoms with Crippen LogP contribution in [-0.2, 0) is 6.54 Å². The summed E-state index contributed by atoms with van der Waals surface area (Å²) in [4.78, 5) is 4.41. The van der Waals surface area contributed by atoms with Gasteiger partial charge in [-0.1, -0.05) is 26.0 Å². The molecule has 0 aliphatic heterocycles. The highest BCUT2D eigenvalue weighted by atomic mass is 19.1. The maximum Gasteiger partial charge on any atom is 0.219 e. The lowest BCUT2D eigenvalue weighted by molar-refractivity contribution is 0.453. The highest BCUT2D eigenvalue weighted by Gasteiger charge is 2.04. The van der Waals surface area contributed by atoms with Gasteiger partial charge < -0.3 is 10.1 Å². The zero-order valence-corrected chi connectivity index (χ0v) is 12.7. The number of aromatic nitrogens is 1. The van der Waals surface area contributed by atoms with Crippen LogP contribution in [-0.4, -0.2) is 11.5 Å². The fourth-order valence-electron chi connectivity index (χ4n) is 1.86. The summed E-state index contributed by atoms with van der Waals surface area (Å²) in [5.74, 6) is 1.25. The Bertz CT molecular complexity index is 599. The van der Waals surface area contributed by atoms with Gasteiger partial charge in [0.15, 0.2) is 0 Å². The van der Waals surface area contributed by atoms with Crippen molar-refractivity contribution in [1.29, 1.82) is 0 Å². The second kappa shape index (κ2) is 7.18. The van der Waals surface area contributed by atoms with Gasteiger partial charge in [0, 0.05) is 18.7 Å². The Morgan fingerprint density at radius 1 is 1.24 bits per heavy atom. The summed E-state index contributed by atoms with van der Waals surface area (Å²) < 4.78 is 19.1. The molecule has 0 amide bonds. The van der Waals surface area contributed by atoms with E-state index in [-0.39, 0.29) is 5.82 Å². The van der Waals surface area contributed by atoms with Crippen LogP contribution >= 0.6 is 0 Å². The molecular formula is C17H21FN2O. The molecule has 0 spiro atoms. The first-order valence-electron chi connectivity index (χ1n) is 7.15. The number of nitrogens with one attached hydrogen (secondary N) is 1. The van der Waals surface area contributed by atoms with E-state index in [1.165, 1.54) is 6.07 Å². The lowest BCUT2D eigenvalue weighted by atomic mass is 10.2. The molecule has 0 bridgehead atoms. The summed E-state index contributed by atoms with van der Waals surface area (Å²) in [5, 5.41) is 3.33. The van der Waals surface area contributed by atoms with E-state index in [4.69, 9.17) is 4.74 Å². The first-order chi connectivity index (χ1) is 10.0. The average molecular weight is 288 g/mol. The number of benzene rings is 1. The Hall–Kier alpha value is -1.94. The van der Waals surface area contributed by atoms with E-state index in [1.807, 2.05) is 12.1 Å². The fraction of sp³-hybridized carbons (Fsp3) is 0.353. The molecule has 0 atom stereocenters. The van der Waals surface area contributed by atoms with Gasteiger partial charge in [-0.2, -0.15) is 0 Å². The SMILES string of the molecule is Cc1ccc(Oc2cccc(CNCC(C)C)n2)cc1F. The number of halogens is 1. The molecule has 21 heavy (non-hydrogen) atoms. The molecule has 112 valence electrons. The predicted molar refractivity (Wildman–Crippen MR) is 82.0 cm³/mol. The van der Waals surface area contributed by atoms with Crippen LogP contribution in [0, 0.1) is 18.7 Å². The molecule has 0 fully saturated rings. The standard InChI is InChI=1S/C17H21FN2O/c1-12(2)10-19-11-14-5-4-6-17(20-14)21-15-8-7-13(3)16(18)9-15/h4-9,12,19H,10-11H2,1-3H3. The molecule has 0 saturated carbocycles. The van der Waals surface area contributed by atoms with E-state index in [0.29, 0.717) is 29.7 Å². The van der Waals surface area contributed by atoms with E-state index < -0.39 is 0 Å². The highest BCUT2D eigenvalue weighted by molar-refractivity contribution is 5.31. The lowest BCUT2D eigenvalue weighted by Crippen LogP contribution is -2.19. The smallest absolute Gasteiger partial charge is 0.219 e. The molecule has 1 aromatic carbocycles. The number of nitrogens with zero attached hydrogens (tertiary/aromatic N) is 1. The number of aryl methyl sites for hydroxylation is 1. The minimum atomic E-state index is -0.276. The maximum atomic E-state index is 13.5. The fourth-order valence-corrected chi connectivity index (χ4v) is 1.86. The summed E-state index contributed by atoms with van der Waals surface area (Å²) in [6.45, 7) is 7.67. The van der Waals surface area contributed by atoms with Crippen LogP contribution < -0.4 is 10.1 Å². The van der Waals surface area contributed by atoms with Gasteiger partial charge in [-0.25, -0.2) is 9.37 Å². The van der Waals surface area contributed by atoms with Gasteiger partial charge in [0.2, 0.25) is 5.88 Å². The molecule has 0 unspecified atom stereocenters. The summed E-state index contributed by atoms with van der Waals surface area (Å²) in [5.41, 5.74) is 1.50. The molecule has 1 N–H and O–H groups in total. The van der Waals surface area contributed by atoms with E-state index >= 15 is 0 Å². The Kier molecular flexibility index (Phi) is 5.28. The minimum Gasteiger partial charge on any atom is -0.439 e. The van der Waals surface area contributed by atoms with Crippen molar-refractivity contribution in [2.24, 2.45) is 5.92 Å².